The van der Waals surface area contributed by atoms with Crippen LogP contribution in [0.3, 0.4) is 0 Å². The van der Waals surface area contributed by atoms with Crippen LogP contribution in [0.2, 0.25) is 0 Å². The third-order valence-electron chi connectivity index (χ3n) is 4.34. The SMILES string of the molecule is CCCCCCCCCCOc1c(C)csc1-c1ccc(N)cc1. The molecule has 2 aromatic rings. The van der Waals surface area contributed by atoms with Crippen LogP contribution in [0.25, 0.3) is 10.4 Å². The molecule has 2 rings (SSSR count). The first-order valence-electron chi connectivity index (χ1n) is 9.29. The highest BCUT2D eigenvalue weighted by atomic mass is 32.1. The van der Waals surface area contributed by atoms with Crippen LogP contribution in [0.15, 0.2) is 29.6 Å². The van der Waals surface area contributed by atoms with E-state index in [1.54, 1.807) is 11.3 Å². The van der Waals surface area contributed by atoms with Gasteiger partial charge in [-0.3, -0.25) is 0 Å². The van der Waals surface area contributed by atoms with Gasteiger partial charge in [-0.1, -0.05) is 64.0 Å². The maximum absolute atomic E-state index is 6.12. The summed E-state index contributed by atoms with van der Waals surface area (Å²) in [5.41, 5.74) is 9.00. The summed E-state index contributed by atoms with van der Waals surface area (Å²) < 4.78 is 6.12. The van der Waals surface area contributed by atoms with E-state index in [0.29, 0.717) is 0 Å². The molecule has 2 N–H and O–H groups in total. The van der Waals surface area contributed by atoms with E-state index in [2.05, 4.69) is 31.4 Å². The predicted octanol–water partition coefficient (Wildman–Crippen LogP) is 6.83. The van der Waals surface area contributed by atoms with Crippen LogP contribution in [0.1, 0.15) is 63.9 Å². The van der Waals surface area contributed by atoms with Crippen LogP contribution in [-0.4, -0.2) is 6.61 Å². The number of hydrogen-bond donors (Lipinski definition) is 1. The highest BCUT2D eigenvalue weighted by Crippen LogP contribution is 2.39. The topological polar surface area (TPSA) is 35.2 Å². The number of thiophene rings is 1. The van der Waals surface area contributed by atoms with Gasteiger partial charge in [-0.15, -0.1) is 11.3 Å². The molecule has 24 heavy (non-hydrogen) atoms. The second kappa shape index (κ2) is 10.4. The summed E-state index contributed by atoms with van der Waals surface area (Å²) in [6.07, 6.45) is 10.6. The lowest BCUT2D eigenvalue weighted by atomic mass is 10.1. The lowest BCUT2D eigenvalue weighted by molar-refractivity contribution is 0.304. The molecule has 0 spiro atoms. The molecule has 0 aliphatic carbocycles. The average molecular weight is 346 g/mol. The Balaban J connectivity index is 1.75. The Morgan fingerprint density at radius 2 is 1.54 bits per heavy atom. The van der Waals surface area contributed by atoms with Crippen molar-refractivity contribution in [1.29, 1.82) is 0 Å². The lowest BCUT2D eigenvalue weighted by Gasteiger charge is -2.09. The Morgan fingerprint density at radius 1 is 0.917 bits per heavy atom. The second-order valence-electron chi connectivity index (χ2n) is 6.52. The van der Waals surface area contributed by atoms with Crippen LogP contribution < -0.4 is 10.5 Å². The standard InChI is InChI=1S/C21H31NOS/c1-3-4-5-6-7-8-9-10-15-23-20-17(2)16-24-21(20)18-11-13-19(22)14-12-18/h11-14,16H,3-10,15,22H2,1-2H3. The van der Waals surface area contributed by atoms with Crippen molar-refractivity contribution < 1.29 is 4.74 Å². The van der Waals surface area contributed by atoms with Gasteiger partial charge in [-0.05, 0) is 36.4 Å². The van der Waals surface area contributed by atoms with Crippen molar-refractivity contribution in [1.82, 2.24) is 0 Å². The van der Waals surface area contributed by atoms with Gasteiger partial charge < -0.3 is 10.5 Å². The zero-order chi connectivity index (χ0) is 17.2. The maximum Gasteiger partial charge on any atom is 0.140 e. The van der Waals surface area contributed by atoms with Crippen molar-refractivity contribution in [3.05, 3.63) is 35.2 Å². The number of ether oxygens (including phenoxy) is 1. The molecule has 0 saturated carbocycles. The van der Waals surface area contributed by atoms with Crippen molar-refractivity contribution in [2.45, 2.75) is 65.2 Å². The van der Waals surface area contributed by atoms with Crippen molar-refractivity contribution in [3.8, 4) is 16.2 Å². The van der Waals surface area contributed by atoms with E-state index in [9.17, 15) is 0 Å². The summed E-state index contributed by atoms with van der Waals surface area (Å²) in [7, 11) is 0. The van der Waals surface area contributed by atoms with Gasteiger partial charge >= 0.3 is 0 Å². The van der Waals surface area contributed by atoms with Gasteiger partial charge in [0.1, 0.15) is 5.75 Å². The van der Waals surface area contributed by atoms with Crippen LogP contribution in [-0.2, 0) is 0 Å². The van der Waals surface area contributed by atoms with E-state index in [0.717, 1.165) is 24.5 Å². The molecule has 0 unspecified atom stereocenters. The van der Waals surface area contributed by atoms with E-state index in [4.69, 9.17) is 10.5 Å². The molecule has 0 saturated heterocycles. The average Bonchev–Trinajstić information content (AvgIpc) is 2.95. The van der Waals surface area contributed by atoms with Gasteiger partial charge in [0.2, 0.25) is 0 Å². The van der Waals surface area contributed by atoms with Gasteiger partial charge in [-0.2, -0.15) is 0 Å². The number of unbranched alkanes of at least 4 members (excludes halogenated alkanes) is 7. The third-order valence-corrected chi connectivity index (χ3v) is 5.46. The fourth-order valence-corrected chi connectivity index (χ4v) is 3.86. The number of aryl methyl sites for hydroxylation is 1. The van der Waals surface area contributed by atoms with Crippen molar-refractivity contribution in [3.63, 3.8) is 0 Å². The fourth-order valence-electron chi connectivity index (χ4n) is 2.86. The molecule has 1 aromatic heterocycles. The summed E-state index contributed by atoms with van der Waals surface area (Å²) in [5.74, 6) is 1.05. The van der Waals surface area contributed by atoms with Gasteiger partial charge in [0.15, 0.2) is 0 Å². The summed E-state index contributed by atoms with van der Waals surface area (Å²) in [6.45, 7) is 5.21. The molecule has 132 valence electrons. The highest BCUT2D eigenvalue weighted by molar-refractivity contribution is 7.14. The molecule has 1 aromatic carbocycles. The quantitative estimate of drug-likeness (QED) is 0.358. The molecule has 0 bridgehead atoms. The monoisotopic (exact) mass is 345 g/mol. The van der Waals surface area contributed by atoms with Crippen LogP contribution >= 0.6 is 11.3 Å². The van der Waals surface area contributed by atoms with E-state index in [1.165, 1.54) is 60.9 Å². The number of hydrogen-bond acceptors (Lipinski definition) is 3. The van der Waals surface area contributed by atoms with Crippen LogP contribution in [0.4, 0.5) is 5.69 Å². The molecule has 0 radical (unpaired) electrons. The van der Waals surface area contributed by atoms with E-state index >= 15 is 0 Å². The molecule has 0 aliphatic heterocycles. The van der Waals surface area contributed by atoms with Crippen LogP contribution in [0.5, 0.6) is 5.75 Å². The predicted molar refractivity (Wildman–Crippen MR) is 107 cm³/mol. The molecule has 3 heteroatoms. The largest absolute Gasteiger partial charge is 0.492 e. The smallest absolute Gasteiger partial charge is 0.140 e. The molecule has 0 atom stereocenters. The van der Waals surface area contributed by atoms with Gasteiger partial charge in [0.05, 0.1) is 11.5 Å². The molecular weight excluding hydrogens is 314 g/mol. The Hall–Kier alpha value is -1.48. The minimum atomic E-state index is 0.799. The maximum atomic E-state index is 6.12. The van der Waals surface area contributed by atoms with Crippen molar-refractivity contribution >= 4 is 17.0 Å². The normalized spacial score (nSPS) is 10.9. The lowest BCUT2D eigenvalue weighted by Crippen LogP contribution is -1.98. The Kier molecular flexibility index (Phi) is 8.17. The number of anilines is 1. The number of benzene rings is 1. The third kappa shape index (κ3) is 5.86. The van der Waals surface area contributed by atoms with E-state index in [-0.39, 0.29) is 0 Å². The van der Waals surface area contributed by atoms with Crippen LogP contribution in [0, 0.1) is 6.92 Å². The fraction of sp³-hybridized carbons (Fsp3) is 0.524. The Bertz CT molecular complexity index is 588. The van der Waals surface area contributed by atoms with Gasteiger partial charge in [-0.25, -0.2) is 0 Å². The summed E-state index contributed by atoms with van der Waals surface area (Å²) in [5, 5.41) is 2.18. The van der Waals surface area contributed by atoms with Gasteiger partial charge in [0, 0.05) is 11.3 Å². The Morgan fingerprint density at radius 3 is 2.21 bits per heavy atom. The molecular formula is C21H31NOS. The number of nitrogen functional groups attached to an aromatic ring is 1. The summed E-state index contributed by atoms with van der Waals surface area (Å²) >= 11 is 1.75. The van der Waals surface area contributed by atoms with E-state index in [1.807, 2.05) is 12.1 Å². The molecule has 0 aliphatic rings. The summed E-state index contributed by atoms with van der Waals surface area (Å²) in [4.78, 5) is 1.21. The zero-order valence-corrected chi connectivity index (χ0v) is 16.0. The molecule has 0 amide bonds. The highest BCUT2D eigenvalue weighted by Gasteiger charge is 2.12. The first-order chi connectivity index (χ1) is 11.7. The molecule has 1 heterocycles. The minimum Gasteiger partial charge on any atom is -0.492 e. The molecule has 0 fully saturated rings. The minimum absolute atomic E-state index is 0.799. The Labute approximate surface area is 151 Å². The van der Waals surface area contributed by atoms with Crippen molar-refractivity contribution in [2.75, 3.05) is 12.3 Å². The first-order valence-corrected chi connectivity index (χ1v) is 10.2. The first kappa shape index (κ1) is 18.9. The van der Waals surface area contributed by atoms with E-state index < -0.39 is 0 Å². The van der Waals surface area contributed by atoms with Gasteiger partial charge in [0.25, 0.3) is 0 Å². The second-order valence-corrected chi connectivity index (χ2v) is 7.40. The zero-order valence-electron chi connectivity index (χ0n) is 15.1. The number of rotatable bonds is 11. The number of nitrogens with two attached hydrogens (primary N) is 1. The van der Waals surface area contributed by atoms with Crippen molar-refractivity contribution in [2.24, 2.45) is 0 Å². The summed E-state index contributed by atoms with van der Waals surface area (Å²) in [6, 6.07) is 8.05. The molecule has 2 nitrogen and oxygen atoms in total.